The molecule has 0 spiro atoms. The van der Waals surface area contributed by atoms with Gasteiger partial charge in [-0.05, 0) is 62.8 Å². The SMILES string of the molecule is Cc1ccc2oc(C3CCC(CN)CC3)nc2c1. The third kappa shape index (κ3) is 2.15. The van der Waals surface area contributed by atoms with Gasteiger partial charge in [-0.2, -0.15) is 0 Å². The highest BCUT2D eigenvalue weighted by molar-refractivity contribution is 5.73. The van der Waals surface area contributed by atoms with Crippen LogP contribution in [0.25, 0.3) is 11.1 Å². The number of aryl methyl sites for hydroxylation is 1. The van der Waals surface area contributed by atoms with E-state index in [0.717, 1.165) is 36.4 Å². The maximum atomic E-state index is 5.89. The lowest BCUT2D eigenvalue weighted by atomic mass is 9.82. The summed E-state index contributed by atoms with van der Waals surface area (Å²) in [5.74, 6) is 2.11. The molecule has 1 aliphatic carbocycles. The van der Waals surface area contributed by atoms with Gasteiger partial charge in [-0.25, -0.2) is 4.98 Å². The predicted octanol–water partition coefficient (Wildman–Crippen LogP) is 3.37. The number of oxazole rings is 1. The van der Waals surface area contributed by atoms with Crippen molar-refractivity contribution in [3.05, 3.63) is 29.7 Å². The first-order chi connectivity index (χ1) is 8.76. The Labute approximate surface area is 107 Å². The first kappa shape index (κ1) is 11.7. The fourth-order valence-corrected chi connectivity index (χ4v) is 2.88. The van der Waals surface area contributed by atoms with Crippen LogP contribution in [0.3, 0.4) is 0 Å². The summed E-state index contributed by atoms with van der Waals surface area (Å²) in [4.78, 5) is 4.65. The largest absolute Gasteiger partial charge is 0.440 e. The molecule has 96 valence electrons. The molecule has 1 aromatic heterocycles. The van der Waals surface area contributed by atoms with Crippen LogP contribution in [0.2, 0.25) is 0 Å². The van der Waals surface area contributed by atoms with Crippen LogP contribution in [0, 0.1) is 12.8 Å². The molecule has 0 bridgehead atoms. The summed E-state index contributed by atoms with van der Waals surface area (Å²) in [6.45, 7) is 2.90. The van der Waals surface area contributed by atoms with E-state index < -0.39 is 0 Å². The number of rotatable bonds is 2. The Hall–Kier alpha value is -1.35. The molecule has 1 aliphatic rings. The van der Waals surface area contributed by atoms with E-state index in [4.69, 9.17) is 10.2 Å². The smallest absolute Gasteiger partial charge is 0.198 e. The standard InChI is InChI=1S/C15H20N2O/c1-10-2-7-14-13(8-10)17-15(18-14)12-5-3-11(9-16)4-6-12/h2,7-8,11-12H,3-6,9,16H2,1H3. The quantitative estimate of drug-likeness (QED) is 0.881. The van der Waals surface area contributed by atoms with Gasteiger partial charge in [-0.1, -0.05) is 6.07 Å². The number of benzene rings is 1. The van der Waals surface area contributed by atoms with Gasteiger partial charge in [-0.3, -0.25) is 0 Å². The van der Waals surface area contributed by atoms with Crippen LogP contribution in [0.4, 0.5) is 0 Å². The van der Waals surface area contributed by atoms with E-state index in [0.29, 0.717) is 11.8 Å². The molecule has 3 rings (SSSR count). The monoisotopic (exact) mass is 244 g/mol. The van der Waals surface area contributed by atoms with Gasteiger partial charge >= 0.3 is 0 Å². The molecule has 1 saturated carbocycles. The Morgan fingerprint density at radius 2 is 2.06 bits per heavy atom. The number of fused-ring (bicyclic) bond motifs is 1. The van der Waals surface area contributed by atoms with Crippen molar-refractivity contribution >= 4 is 11.1 Å². The Morgan fingerprint density at radius 3 is 2.78 bits per heavy atom. The minimum absolute atomic E-state index is 0.487. The van der Waals surface area contributed by atoms with Crippen LogP contribution < -0.4 is 5.73 Å². The third-order valence-corrected chi connectivity index (χ3v) is 4.09. The second kappa shape index (κ2) is 4.73. The van der Waals surface area contributed by atoms with Crippen molar-refractivity contribution < 1.29 is 4.42 Å². The van der Waals surface area contributed by atoms with Gasteiger partial charge in [0.05, 0.1) is 0 Å². The van der Waals surface area contributed by atoms with Crippen molar-refractivity contribution in [2.24, 2.45) is 11.7 Å². The van der Waals surface area contributed by atoms with E-state index in [1.54, 1.807) is 0 Å². The Morgan fingerprint density at radius 1 is 1.28 bits per heavy atom. The molecule has 1 aromatic carbocycles. The lowest BCUT2D eigenvalue weighted by molar-refractivity contribution is 0.301. The molecule has 3 heteroatoms. The molecule has 1 fully saturated rings. The summed E-state index contributed by atoms with van der Waals surface area (Å²) in [5.41, 5.74) is 8.86. The van der Waals surface area contributed by atoms with Crippen LogP contribution in [0.5, 0.6) is 0 Å². The molecule has 18 heavy (non-hydrogen) atoms. The van der Waals surface area contributed by atoms with Crippen molar-refractivity contribution in [2.45, 2.75) is 38.5 Å². The van der Waals surface area contributed by atoms with Crippen molar-refractivity contribution in [1.82, 2.24) is 4.98 Å². The molecule has 2 aromatic rings. The maximum Gasteiger partial charge on any atom is 0.198 e. The van der Waals surface area contributed by atoms with E-state index in [1.165, 1.54) is 18.4 Å². The number of aromatic nitrogens is 1. The van der Waals surface area contributed by atoms with Gasteiger partial charge in [-0.15, -0.1) is 0 Å². The highest BCUT2D eigenvalue weighted by Gasteiger charge is 2.25. The predicted molar refractivity (Wildman–Crippen MR) is 72.5 cm³/mol. The summed E-state index contributed by atoms with van der Waals surface area (Å²) < 4.78 is 5.89. The molecule has 0 atom stereocenters. The molecule has 0 unspecified atom stereocenters. The first-order valence-corrected chi connectivity index (χ1v) is 6.83. The second-order valence-corrected chi connectivity index (χ2v) is 5.48. The van der Waals surface area contributed by atoms with Gasteiger partial charge in [0.15, 0.2) is 11.5 Å². The Balaban J connectivity index is 1.82. The van der Waals surface area contributed by atoms with Gasteiger partial charge in [0.25, 0.3) is 0 Å². The molecule has 0 aliphatic heterocycles. The summed E-state index contributed by atoms with van der Waals surface area (Å²) >= 11 is 0. The molecular weight excluding hydrogens is 224 g/mol. The van der Waals surface area contributed by atoms with E-state index in [2.05, 4.69) is 24.0 Å². The molecule has 3 nitrogen and oxygen atoms in total. The Bertz CT molecular complexity index is 538. The van der Waals surface area contributed by atoms with Crippen molar-refractivity contribution in [1.29, 1.82) is 0 Å². The second-order valence-electron chi connectivity index (χ2n) is 5.48. The van der Waals surface area contributed by atoms with Gasteiger partial charge < -0.3 is 10.2 Å². The topological polar surface area (TPSA) is 52.0 Å². The normalized spacial score (nSPS) is 24.6. The molecule has 2 N–H and O–H groups in total. The average Bonchev–Trinajstić information content (AvgIpc) is 2.81. The number of nitrogens with two attached hydrogens (primary N) is 1. The van der Waals surface area contributed by atoms with Crippen molar-refractivity contribution in [3.8, 4) is 0 Å². The third-order valence-electron chi connectivity index (χ3n) is 4.09. The van der Waals surface area contributed by atoms with Gasteiger partial charge in [0.2, 0.25) is 0 Å². The molecule has 1 heterocycles. The van der Waals surface area contributed by atoms with Gasteiger partial charge in [0.1, 0.15) is 5.52 Å². The van der Waals surface area contributed by atoms with E-state index in [9.17, 15) is 0 Å². The Kier molecular flexibility index (Phi) is 3.08. The van der Waals surface area contributed by atoms with Crippen molar-refractivity contribution in [3.63, 3.8) is 0 Å². The first-order valence-electron chi connectivity index (χ1n) is 6.83. The maximum absolute atomic E-state index is 5.89. The number of hydrogen-bond acceptors (Lipinski definition) is 3. The fraction of sp³-hybridized carbons (Fsp3) is 0.533. The fourth-order valence-electron chi connectivity index (χ4n) is 2.88. The average molecular weight is 244 g/mol. The van der Waals surface area contributed by atoms with Crippen LogP contribution >= 0.6 is 0 Å². The highest BCUT2D eigenvalue weighted by atomic mass is 16.3. The highest BCUT2D eigenvalue weighted by Crippen LogP contribution is 2.36. The molecule has 0 amide bonds. The van der Waals surface area contributed by atoms with E-state index in [-0.39, 0.29) is 0 Å². The molecule has 0 radical (unpaired) electrons. The summed E-state index contributed by atoms with van der Waals surface area (Å²) in [6.07, 6.45) is 4.74. The van der Waals surface area contributed by atoms with Crippen LogP contribution in [0.15, 0.2) is 22.6 Å². The minimum atomic E-state index is 0.487. The zero-order valence-electron chi connectivity index (χ0n) is 10.9. The van der Waals surface area contributed by atoms with E-state index >= 15 is 0 Å². The summed E-state index contributed by atoms with van der Waals surface area (Å²) in [6, 6.07) is 6.18. The molecular formula is C15H20N2O. The number of hydrogen-bond donors (Lipinski definition) is 1. The van der Waals surface area contributed by atoms with Crippen LogP contribution in [0.1, 0.15) is 43.1 Å². The minimum Gasteiger partial charge on any atom is -0.440 e. The zero-order chi connectivity index (χ0) is 12.5. The van der Waals surface area contributed by atoms with Crippen LogP contribution in [-0.4, -0.2) is 11.5 Å². The molecule has 0 saturated heterocycles. The lowest BCUT2D eigenvalue weighted by Crippen LogP contribution is -2.20. The van der Waals surface area contributed by atoms with E-state index in [1.807, 2.05) is 6.07 Å². The van der Waals surface area contributed by atoms with Crippen LogP contribution in [-0.2, 0) is 0 Å². The lowest BCUT2D eigenvalue weighted by Gasteiger charge is -2.25. The van der Waals surface area contributed by atoms with Crippen molar-refractivity contribution in [2.75, 3.05) is 6.54 Å². The van der Waals surface area contributed by atoms with Gasteiger partial charge in [0, 0.05) is 5.92 Å². The number of nitrogens with zero attached hydrogens (tertiary/aromatic N) is 1. The summed E-state index contributed by atoms with van der Waals surface area (Å²) in [5, 5.41) is 0. The summed E-state index contributed by atoms with van der Waals surface area (Å²) in [7, 11) is 0. The zero-order valence-corrected chi connectivity index (χ0v) is 10.9.